The number of ether oxygens (including phenoxy) is 1. The molecule has 1 rings (SSSR count). The fraction of sp³-hybridized carbons (Fsp3) is 0.455. The van der Waals surface area contributed by atoms with Crippen LogP contribution in [0.2, 0.25) is 0 Å². The smallest absolute Gasteiger partial charge is 0.345 e. The molecule has 0 aromatic carbocycles. The van der Waals surface area contributed by atoms with Crippen molar-refractivity contribution in [1.82, 2.24) is 0 Å². The molecule has 1 heterocycles. The second-order valence-electron chi connectivity index (χ2n) is 3.59. The number of carbonyl (C=O) groups excluding carboxylic acids is 1. The first-order valence-electron chi connectivity index (χ1n) is 5.25. The van der Waals surface area contributed by atoms with Crippen LogP contribution in [0.5, 0.6) is 0 Å². The molecule has 0 radical (unpaired) electrons. The molecule has 0 aliphatic heterocycles. The van der Waals surface area contributed by atoms with Crippen LogP contribution in [0.15, 0.2) is 21.7 Å². The fourth-order valence-electron chi connectivity index (χ4n) is 0.990. The maximum atomic E-state index is 11.5. The van der Waals surface area contributed by atoms with Crippen LogP contribution < -0.4 is 0 Å². The highest BCUT2D eigenvalue weighted by molar-refractivity contribution is 8.01. The van der Waals surface area contributed by atoms with Crippen molar-refractivity contribution < 1.29 is 19.4 Å². The van der Waals surface area contributed by atoms with Crippen LogP contribution in [-0.2, 0) is 14.3 Å². The third-order valence-corrected chi connectivity index (χ3v) is 4.82. The van der Waals surface area contributed by atoms with E-state index in [0.717, 1.165) is 4.21 Å². The molecule has 0 amide bonds. The number of carbonyl (C=O) groups is 2. The van der Waals surface area contributed by atoms with Gasteiger partial charge in [-0.15, -0.1) is 23.1 Å². The molecule has 100 valence electrons. The van der Waals surface area contributed by atoms with Crippen molar-refractivity contribution in [3.05, 3.63) is 17.5 Å². The van der Waals surface area contributed by atoms with E-state index in [4.69, 9.17) is 9.84 Å². The summed E-state index contributed by atoms with van der Waals surface area (Å²) in [6.07, 6.45) is -1.12. The van der Waals surface area contributed by atoms with Crippen LogP contribution in [0.25, 0.3) is 0 Å². The Morgan fingerprint density at radius 2 is 2.33 bits per heavy atom. The van der Waals surface area contributed by atoms with Crippen molar-refractivity contribution >= 4 is 47.7 Å². The van der Waals surface area contributed by atoms with E-state index in [0.29, 0.717) is 5.75 Å². The summed E-state index contributed by atoms with van der Waals surface area (Å²) in [5.41, 5.74) is 0. The number of carboxylic acid groups (broad SMARTS) is 1. The average molecular weight is 306 g/mol. The predicted molar refractivity (Wildman–Crippen MR) is 75.6 cm³/mol. The molecule has 1 N–H and O–H groups in total. The molecule has 0 aliphatic rings. The van der Waals surface area contributed by atoms with Gasteiger partial charge in [-0.05, 0) is 11.4 Å². The molecule has 2 atom stereocenters. The fourth-order valence-corrected chi connectivity index (χ4v) is 2.93. The first kappa shape index (κ1) is 15.4. The maximum Gasteiger partial charge on any atom is 0.345 e. The number of hydrogen-bond donors (Lipinski definition) is 2. The molecular weight excluding hydrogens is 292 g/mol. The lowest BCUT2D eigenvalue weighted by Crippen LogP contribution is -2.32. The largest absolute Gasteiger partial charge is 0.478 e. The SMILES string of the molecule is C[C@@H](CS)C(=O)OC(CSc1cccs1)C(=O)O. The third-order valence-electron chi connectivity index (χ3n) is 2.08. The quantitative estimate of drug-likeness (QED) is 0.460. The Bertz CT molecular complexity index is 391. The number of thioether (sulfide) groups is 1. The van der Waals surface area contributed by atoms with E-state index >= 15 is 0 Å². The normalized spacial score (nSPS) is 13.9. The van der Waals surface area contributed by atoms with E-state index in [1.54, 1.807) is 6.92 Å². The number of aliphatic carboxylic acids is 1. The van der Waals surface area contributed by atoms with E-state index in [1.807, 2.05) is 17.5 Å². The molecule has 7 heteroatoms. The van der Waals surface area contributed by atoms with Gasteiger partial charge in [0.1, 0.15) is 0 Å². The van der Waals surface area contributed by atoms with Gasteiger partial charge in [0.25, 0.3) is 0 Å². The van der Waals surface area contributed by atoms with Gasteiger partial charge in [-0.25, -0.2) is 4.79 Å². The summed E-state index contributed by atoms with van der Waals surface area (Å²) in [6.45, 7) is 1.65. The molecule has 1 unspecified atom stereocenters. The van der Waals surface area contributed by atoms with Crippen molar-refractivity contribution in [2.45, 2.75) is 17.2 Å². The summed E-state index contributed by atoms with van der Waals surface area (Å²) in [6, 6.07) is 3.78. The van der Waals surface area contributed by atoms with Crippen LogP contribution in [0.4, 0.5) is 0 Å². The summed E-state index contributed by atoms with van der Waals surface area (Å²) in [5, 5.41) is 10.9. The van der Waals surface area contributed by atoms with Gasteiger partial charge >= 0.3 is 11.9 Å². The van der Waals surface area contributed by atoms with E-state index in [-0.39, 0.29) is 5.75 Å². The Kier molecular flexibility index (Phi) is 6.59. The summed E-state index contributed by atoms with van der Waals surface area (Å²) in [5.74, 6) is -1.51. The Hall–Kier alpha value is -0.660. The zero-order valence-electron chi connectivity index (χ0n) is 9.74. The molecule has 1 aromatic rings. The molecule has 4 nitrogen and oxygen atoms in total. The van der Waals surface area contributed by atoms with Gasteiger partial charge < -0.3 is 9.84 Å². The highest BCUT2D eigenvalue weighted by Crippen LogP contribution is 2.24. The Morgan fingerprint density at radius 1 is 1.61 bits per heavy atom. The summed E-state index contributed by atoms with van der Waals surface area (Å²) in [4.78, 5) is 22.5. The second kappa shape index (κ2) is 7.70. The highest BCUT2D eigenvalue weighted by atomic mass is 32.2. The van der Waals surface area contributed by atoms with Gasteiger partial charge in [-0.3, -0.25) is 4.79 Å². The van der Waals surface area contributed by atoms with Gasteiger partial charge in [0, 0.05) is 11.5 Å². The topological polar surface area (TPSA) is 63.6 Å². The molecule has 0 saturated carbocycles. The van der Waals surface area contributed by atoms with Crippen LogP contribution in [0.1, 0.15) is 6.92 Å². The van der Waals surface area contributed by atoms with Gasteiger partial charge in [0.15, 0.2) is 0 Å². The average Bonchev–Trinajstić information content (AvgIpc) is 2.85. The first-order chi connectivity index (χ1) is 8.54. The molecule has 0 fully saturated rings. The van der Waals surface area contributed by atoms with Crippen molar-refractivity contribution in [2.24, 2.45) is 5.92 Å². The maximum absolute atomic E-state index is 11.5. The Balaban J connectivity index is 2.50. The van der Waals surface area contributed by atoms with Gasteiger partial charge in [-0.2, -0.15) is 12.6 Å². The van der Waals surface area contributed by atoms with Crippen molar-refractivity contribution in [2.75, 3.05) is 11.5 Å². The molecule has 0 saturated heterocycles. The minimum atomic E-state index is -1.13. The lowest BCUT2D eigenvalue weighted by atomic mass is 10.2. The van der Waals surface area contributed by atoms with E-state index in [1.165, 1.54) is 23.1 Å². The summed E-state index contributed by atoms with van der Waals surface area (Å²) >= 11 is 6.87. The number of hydrogen-bond acceptors (Lipinski definition) is 6. The minimum absolute atomic E-state index is 0.209. The van der Waals surface area contributed by atoms with E-state index in [2.05, 4.69) is 12.6 Å². The predicted octanol–water partition coefficient (Wildman–Crippen LogP) is 2.40. The number of esters is 1. The number of thiol groups is 1. The van der Waals surface area contributed by atoms with Gasteiger partial charge in [0.2, 0.25) is 6.10 Å². The minimum Gasteiger partial charge on any atom is -0.478 e. The summed E-state index contributed by atoms with van der Waals surface area (Å²) < 4.78 is 5.96. The van der Waals surface area contributed by atoms with Crippen molar-refractivity contribution in [3.63, 3.8) is 0 Å². The van der Waals surface area contributed by atoms with Crippen LogP contribution in [0, 0.1) is 5.92 Å². The molecule has 0 spiro atoms. The van der Waals surface area contributed by atoms with Gasteiger partial charge in [-0.1, -0.05) is 13.0 Å². The second-order valence-corrected chi connectivity index (χ2v) is 6.22. The molecular formula is C11H14O4S3. The third kappa shape index (κ3) is 4.91. The molecule has 1 aromatic heterocycles. The van der Waals surface area contributed by atoms with Gasteiger partial charge in [0.05, 0.1) is 10.1 Å². The standard InChI is InChI=1S/C11H14O4S3/c1-7(5-16)11(14)15-8(10(12)13)6-18-9-3-2-4-17-9/h2-4,7-8,16H,5-6H2,1H3,(H,12,13)/t7-,8?/m0/s1. The zero-order chi connectivity index (χ0) is 13.5. The monoisotopic (exact) mass is 306 g/mol. The first-order valence-corrected chi connectivity index (χ1v) is 7.74. The lowest BCUT2D eigenvalue weighted by molar-refractivity contribution is -0.164. The Labute approximate surface area is 119 Å². The lowest BCUT2D eigenvalue weighted by Gasteiger charge is -2.15. The highest BCUT2D eigenvalue weighted by Gasteiger charge is 2.25. The molecule has 18 heavy (non-hydrogen) atoms. The van der Waals surface area contributed by atoms with Crippen molar-refractivity contribution in [3.8, 4) is 0 Å². The van der Waals surface area contributed by atoms with E-state index < -0.39 is 24.0 Å². The molecule has 0 aliphatic carbocycles. The Morgan fingerprint density at radius 3 is 2.83 bits per heavy atom. The van der Waals surface area contributed by atoms with E-state index in [9.17, 15) is 9.59 Å². The van der Waals surface area contributed by atoms with Crippen LogP contribution in [0.3, 0.4) is 0 Å². The number of carboxylic acids is 1. The number of rotatable bonds is 7. The van der Waals surface area contributed by atoms with Crippen molar-refractivity contribution in [1.29, 1.82) is 0 Å². The molecule has 0 bridgehead atoms. The van der Waals surface area contributed by atoms with Crippen LogP contribution in [-0.4, -0.2) is 34.7 Å². The number of thiophene rings is 1. The summed E-state index contributed by atoms with van der Waals surface area (Å²) in [7, 11) is 0. The zero-order valence-corrected chi connectivity index (χ0v) is 12.3. The van der Waals surface area contributed by atoms with Crippen LogP contribution >= 0.6 is 35.7 Å².